The number of nitro groups is 1. The van der Waals surface area contributed by atoms with Crippen molar-refractivity contribution in [1.29, 1.82) is 0 Å². The van der Waals surface area contributed by atoms with E-state index in [0.717, 1.165) is 0 Å². The minimum absolute atomic E-state index is 0.0490. The van der Waals surface area contributed by atoms with Crippen molar-refractivity contribution in [2.24, 2.45) is 0 Å². The maximum Gasteiger partial charge on any atom is 0.274 e. The number of nitro benzene ring substituents is 1. The molecule has 2 N–H and O–H groups in total. The predicted octanol–water partition coefficient (Wildman–Crippen LogP) is 3.01. The third-order valence-electron chi connectivity index (χ3n) is 1.67. The molecule has 1 rings (SSSR count). The summed E-state index contributed by atoms with van der Waals surface area (Å²) in [5.41, 5.74) is 6.69. The highest BCUT2D eigenvalue weighted by molar-refractivity contribution is 9.11. The van der Waals surface area contributed by atoms with E-state index in [4.69, 9.17) is 5.73 Å². The predicted molar refractivity (Wildman–Crippen MR) is 57.6 cm³/mol. The molecule has 0 bridgehead atoms. The van der Waals surface area contributed by atoms with Crippen molar-refractivity contribution >= 4 is 43.2 Å². The molecule has 1 aromatic carbocycles. The normalized spacial score (nSPS) is 10.1. The third-order valence-corrected chi connectivity index (χ3v) is 3.35. The lowest BCUT2D eigenvalue weighted by Crippen LogP contribution is -1.97. The topological polar surface area (TPSA) is 69.2 Å². The minimum atomic E-state index is -0.440. The van der Waals surface area contributed by atoms with E-state index in [2.05, 4.69) is 31.9 Å². The number of halogens is 2. The van der Waals surface area contributed by atoms with Gasteiger partial charge in [0.1, 0.15) is 0 Å². The van der Waals surface area contributed by atoms with E-state index in [0.29, 0.717) is 20.2 Å². The summed E-state index contributed by atoms with van der Waals surface area (Å²) in [6.07, 6.45) is 0. The Morgan fingerprint density at radius 2 is 2.08 bits per heavy atom. The van der Waals surface area contributed by atoms with Gasteiger partial charge >= 0.3 is 0 Å². The van der Waals surface area contributed by atoms with Crippen molar-refractivity contribution in [3.8, 4) is 0 Å². The first-order valence-electron chi connectivity index (χ1n) is 3.33. The highest BCUT2D eigenvalue weighted by Crippen LogP contribution is 2.36. The van der Waals surface area contributed by atoms with Gasteiger partial charge in [0.05, 0.1) is 15.1 Å². The molecule has 0 unspecified atom stereocenters. The Labute approximate surface area is 91.5 Å². The molecule has 6 heteroatoms. The minimum Gasteiger partial charge on any atom is -0.397 e. The fourth-order valence-corrected chi connectivity index (χ4v) is 2.01. The van der Waals surface area contributed by atoms with Crippen molar-refractivity contribution in [3.63, 3.8) is 0 Å². The van der Waals surface area contributed by atoms with Crippen LogP contribution in [0.3, 0.4) is 0 Å². The largest absolute Gasteiger partial charge is 0.397 e. The van der Waals surface area contributed by atoms with E-state index in [-0.39, 0.29) is 5.69 Å². The summed E-state index contributed by atoms with van der Waals surface area (Å²) >= 11 is 6.33. The first-order valence-corrected chi connectivity index (χ1v) is 4.92. The lowest BCUT2D eigenvalue weighted by Gasteiger charge is -2.05. The van der Waals surface area contributed by atoms with Crippen molar-refractivity contribution in [2.45, 2.75) is 6.92 Å². The van der Waals surface area contributed by atoms with Gasteiger partial charge in [-0.15, -0.1) is 0 Å². The molecule has 0 atom stereocenters. The summed E-state index contributed by atoms with van der Waals surface area (Å²) in [7, 11) is 0. The molecule has 4 nitrogen and oxygen atoms in total. The Kier molecular flexibility index (Phi) is 2.92. The Bertz CT molecular complexity index is 379. The monoisotopic (exact) mass is 308 g/mol. The van der Waals surface area contributed by atoms with Crippen LogP contribution in [0, 0.1) is 17.0 Å². The van der Waals surface area contributed by atoms with E-state index < -0.39 is 4.92 Å². The number of anilines is 1. The van der Waals surface area contributed by atoms with E-state index in [9.17, 15) is 10.1 Å². The van der Waals surface area contributed by atoms with Gasteiger partial charge in [-0.3, -0.25) is 10.1 Å². The van der Waals surface area contributed by atoms with Crippen LogP contribution in [0.2, 0.25) is 0 Å². The molecule has 0 aliphatic heterocycles. The molecule has 13 heavy (non-hydrogen) atoms. The fourth-order valence-electron chi connectivity index (χ4n) is 0.915. The van der Waals surface area contributed by atoms with E-state index in [1.165, 1.54) is 6.07 Å². The van der Waals surface area contributed by atoms with Crippen molar-refractivity contribution in [3.05, 3.63) is 30.7 Å². The van der Waals surface area contributed by atoms with Gasteiger partial charge in [-0.1, -0.05) is 0 Å². The number of benzene rings is 1. The molecule has 0 heterocycles. The molecule has 0 amide bonds. The van der Waals surface area contributed by atoms with Gasteiger partial charge in [-0.25, -0.2) is 0 Å². The van der Waals surface area contributed by atoms with Gasteiger partial charge in [0.15, 0.2) is 0 Å². The summed E-state index contributed by atoms with van der Waals surface area (Å²) in [5.74, 6) is 0. The Balaban J connectivity index is 3.50. The number of hydrogen-bond donors (Lipinski definition) is 1. The average molecular weight is 310 g/mol. The van der Waals surface area contributed by atoms with Gasteiger partial charge in [0, 0.05) is 16.1 Å². The van der Waals surface area contributed by atoms with Crippen LogP contribution in [0.15, 0.2) is 15.0 Å². The number of hydrogen-bond acceptors (Lipinski definition) is 3. The van der Waals surface area contributed by atoms with Crippen LogP contribution in [0.4, 0.5) is 11.4 Å². The Morgan fingerprint density at radius 1 is 1.54 bits per heavy atom. The van der Waals surface area contributed by atoms with Gasteiger partial charge in [-0.2, -0.15) is 0 Å². The molecule has 0 aliphatic rings. The van der Waals surface area contributed by atoms with Gasteiger partial charge < -0.3 is 5.73 Å². The molecule has 0 saturated carbocycles. The summed E-state index contributed by atoms with van der Waals surface area (Å²) in [5, 5.41) is 10.6. The number of rotatable bonds is 1. The third kappa shape index (κ3) is 1.83. The van der Waals surface area contributed by atoms with Gasteiger partial charge in [0.2, 0.25) is 0 Å². The van der Waals surface area contributed by atoms with Crippen molar-refractivity contribution < 1.29 is 4.92 Å². The fraction of sp³-hybridized carbons (Fsp3) is 0.143. The van der Waals surface area contributed by atoms with Crippen LogP contribution in [0.1, 0.15) is 5.56 Å². The summed E-state index contributed by atoms with van der Waals surface area (Å²) in [6, 6.07) is 1.40. The van der Waals surface area contributed by atoms with Crippen LogP contribution in [0.5, 0.6) is 0 Å². The van der Waals surface area contributed by atoms with Crippen LogP contribution >= 0.6 is 31.9 Å². The summed E-state index contributed by atoms with van der Waals surface area (Å²) in [6.45, 7) is 1.64. The maximum atomic E-state index is 10.6. The average Bonchev–Trinajstić information content (AvgIpc) is 2.07. The van der Waals surface area contributed by atoms with Crippen LogP contribution in [-0.2, 0) is 0 Å². The first kappa shape index (κ1) is 10.5. The zero-order valence-electron chi connectivity index (χ0n) is 6.67. The smallest absolute Gasteiger partial charge is 0.274 e. The molecule has 0 saturated heterocycles. The SMILES string of the molecule is Cc1c([N+](=O)[O-])cc(Br)c(N)c1Br. The second-order valence-electron chi connectivity index (χ2n) is 2.49. The number of nitrogens with two attached hydrogens (primary N) is 1. The lowest BCUT2D eigenvalue weighted by atomic mass is 10.2. The lowest BCUT2D eigenvalue weighted by molar-refractivity contribution is -0.385. The molecular weight excluding hydrogens is 304 g/mol. The van der Waals surface area contributed by atoms with Crippen LogP contribution < -0.4 is 5.73 Å². The number of nitrogens with zero attached hydrogens (tertiary/aromatic N) is 1. The Hall–Kier alpha value is -0.620. The highest BCUT2D eigenvalue weighted by Gasteiger charge is 2.17. The summed E-state index contributed by atoms with van der Waals surface area (Å²) < 4.78 is 1.09. The van der Waals surface area contributed by atoms with Crippen molar-refractivity contribution in [1.82, 2.24) is 0 Å². The molecule has 70 valence electrons. The molecule has 0 spiro atoms. The molecule has 0 aliphatic carbocycles. The van der Waals surface area contributed by atoms with Crippen LogP contribution in [0.25, 0.3) is 0 Å². The van der Waals surface area contributed by atoms with E-state index in [1.807, 2.05) is 0 Å². The molecule has 1 aromatic rings. The molecule has 0 aromatic heterocycles. The van der Waals surface area contributed by atoms with Gasteiger partial charge in [-0.05, 0) is 38.8 Å². The van der Waals surface area contributed by atoms with Crippen molar-refractivity contribution in [2.75, 3.05) is 5.73 Å². The number of nitrogen functional groups attached to an aromatic ring is 1. The second-order valence-corrected chi connectivity index (χ2v) is 4.13. The zero-order chi connectivity index (χ0) is 10.2. The van der Waals surface area contributed by atoms with E-state index >= 15 is 0 Å². The Morgan fingerprint density at radius 3 is 2.54 bits per heavy atom. The quantitative estimate of drug-likeness (QED) is 0.492. The molecule has 0 radical (unpaired) electrons. The van der Waals surface area contributed by atoms with Crippen LogP contribution in [-0.4, -0.2) is 4.92 Å². The van der Waals surface area contributed by atoms with E-state index in [1.54, 1.807) is 6.92 Å². The zero-order valence-corrected chi connectivity index (χ0v) is 9.85. The standard InChI is InChI=1S/C7H6Br2N2O2/c1-3-5(11(12)13)2-4(8)7(10)6(3)9/h2H,10H2,1H3. The van der Waals surface area contributed by atoms with Gasteiger partial charge in [0.25, 0.3) is 5.69 Å². The first-order chi connectivity index (χ1) is 5.95. The molecular formula is C7H6Br2N2O2. The second kappa shape index (κ2) is 3.63. The molecule has 0 fully saturated rings. The summed E-state index contributed by atoms with van der Waals surface area (Å²) in [4.78, 5) is 10.1. The maximum absolute atomic E-state index is 10.6. The highest BCUT2D eigenvalue weighted by atomic mass is 79.9.